The predicted octanol–water partition coefficient (Wildman–Crippen LogP) is 2.96. The summed E-state index contributed by atoms with van der Waals surface area (Å²) < 4.78 is 92.4. The lowest BCUT2D eigenvalue weighted by atomic mass is 9.99. The number of nitrogens with two attached hydrogens (primary N) is 1. The molecule has 0 radical (unpaired) electrons. The number of anilines is 1. The summed E-state index contributed by atoms with van der Waals surface area (Å²) in [7, 11) is 0.920. The van der Waals surface area contributed by atoms with E-state index in [0.29, 0.717) is 6.07 Å². The second-order valence-electron chi connectivity index (χ2n) is 3.45. The molecule has 0 aliphatic carbocycles. The van der Waals surface area contributed by atoms with Gasteiger partial charge in [0.25, 0.3) is 0 Å². The third-order valence-electron chi connectivity index (χ3n) is 2.22. The van der Waals surface area contributed by atoms with Crippen LogP contribution in [0.4, 0.5) is 36.4 Å². The highest BCUT2D eigenvalue weighted by atomic mass is 19.4. The van der Waals surface area contributed by atoms with Gasteiger partial charge in [0.05, 0.1) is 12.8 Å². The zero-order valence-corrected chi connectivity index (χ0v) is 9.23. The molecule has 0 saturated carbocycles. The Labute approximate surface area is 102 Å². The Hall–Kier alpha value is -1.74. The summed E-state index contributed by atoms with van der Waals surface area (Å²) >= 11 is 0. The van der Waals surface area contributed by atoms with E-state index >= 15 is 0 Å². The van der Waals surface area contributed by atoms with E-state index < -0.39 is 29.6 Å². The Balaban J connectivity index is 3.52. The normalized spacial score (nSPS) is 13.5. The first-order valence-corrected chi connectivity index (χ1v) is 4.58. The van der Waals surface area contributed by atoms with Gasteiger partial charge in [0, 0.05) is 0 Å². The van der Waals surface area contributed by atoms with Gasteiger partial charge >= 0.3 is 18.0 Å². The number of alkyl halides is 7. The molecule has 0 unspecified atom stereocenters. The van der Waals surface area contributed by atoms with E-state index in [9.17, 15) is 30.7 Å². The van der Waals surface area contributed by atoms with E-state index in [1.807, 2.05) is 0 Å². The highest BCUT2D eigenvalue weighted by molar-refractivity contribution is 5.49. The number of aromatic nitrogens is 1. The minimum atomic E-state index is -6.22. The fraction of sp³-hybridized carbons (Fsp3) is 0.444. The van der Waals surface area contributed by atoms with Crippen molar-refractivity contribution in [3.05, 3.63) is 17.8 Å². The van der Waals surface area contributed by atoms with E-state index in [-0.39, 0.29) is 11.8 Å². The molecule has 0 atom stereocenters. The van der Waals surface area contributed by atoms with Crippen LogP contribution in [0.25, 0.3) is 0 Å². The van der Waals surface area contributed by atoms with E-state index in [1.54, 1.807) is 0 Å². The van der Waals surface area contributed by atoms with E-state index in [1.165, 1.54) is 0 Å². The first kappa shape index (κ1) is 15.3. The summed E-state index contributed by atoms with van der Waals surface area (Å²) in [5, 5.41) is 0. The largest absolute Gasteiger partial charge is 0.480 e. The van der Waals surface area contributed by atoms with Gasteiger partial charge in [0.15, 0.2) is 0 Å². The van der Waals surface area contributed by atoms with Gasteiger partial charge in [-0.1, -0.05) is 0 Å². The van der Waals surface area contributed by atoms with Crippen molar-refractivity contribution in [2.75, 3.05) is 12.8 Å². The Morgan fingerprint density at radius 1 is 1.00 bits per heavy atom. The van der Waals surface area contributed by atoms with E-state index in [0.717, 1.165) is 7.11 Å². The molecule has 1 rings (SSSR count). The lowest BCUT2D eigenvalue weighted by Gasteiger charge is -2.29. The van der Waals surface area contributed by atoms with Crippen molar-refractivity contribution in [1.29, 1.82) is 0 Å². The van der Waals surface area contributed by atoms with Gasteiger partial charge < -0.3 is 10.5 Å². The van der Waals surface area contributed by atoms with Crippen LogP contribution in [-0.4, -0.2) is 24.4 Å². The third-order valence-corrected chi connectivity index (χ3v) is 2.22. The molecule has 2 N–H and O–H groups in total. The summed E-state index contributed by atoms with van der Waals surface area (Å²) in [5.74, 6) is -0.729. The highest BCUT2D eigenvalue weighted by Crippen LogP contribution is 2.52. The van der Waals surface area contributed by atoms with Crippen LogP contribution in [0.2, 0.25) is 0 Å². The molecule has 19 heavy (non-hydrogen) atoms. The monoisotopic (exact) mass is 292 g/mol. The Morgan fingerprint density at radius 2 is 1.47 bits per heavy atom. The Kier molecular flexibility index (Phi) is 3.57. The van der Waals surface area contributed by atoms with Crippen LogP contribution in [0.15, 0.2) is 12.1 Å². The molecule has 0 aromatic carbocycles. The van der Waals surface area contributed by atoms with Gasteiger partial charge in [-0.05, 0) is 12.1 Å². The van der Waals surface area contributed by atoms with E-state index in [4.69, 9.17) is 5.73 Å². The van der Waals surface area contributed by atoms with Gasteiger partial charge in [-0.15, -0.1) is 0 Å². The zero-order valence-electron chi connectivity index (χ0n) is 9.23. The number of nitrogen functional groups attached to an aromatic ring is 1. The molecule has 0 aliphatic rings. The lowest BCUT2D eigenvalue weighted by Crippen LogP contribution is -2.51. The number of halogens is 7. The first-order valence-electron chi connectivity index (χ1n) is 4.58. The summed E-state index contributed by atoms with van der Waals surface area (Å²) in [6.07, 6.45) is -12.4. The van der Waals surface area contributed by atoms with Crippen LogP contribution >= 0.6 is 0 Å². The maximum absolute atomic E-state index is 13.6. The number of rotatable bonds is 2. The van der Waals surface area contributed by atoms with Gasteiger partial charge in [-0.25, -0.2) is 9.37 Å². The molecule has 0 amide bonds. The van der Waals surface area contributed by atoms with Crippen molar-refractivity contribution in [2.24, 2.45) is 0 Å². The molecule has 0 fully saturated rings. The molecule has 0 spiro atoms. The van der Waals surface area contributed by atoms with Gasteiger partial charge in [-0.3, -0.25) is 0 Å². The van der Waals surface area contributed by atoms with Crippen molar-refractivity contribution in [3.8, 4) is 5.88 Å². The highest BCUT2D eigenvalue weighted by Gasteiger charge is 2.74. The smallest absolute Gasteiger partial charge is 0.437 e. The Bertz CT molecular complexity index is 455. The Morgan fingerprint density at radius 3 is 1.84 bits per heavy atom. The molecule has 0 saturated heterocycles. The van der Waals surface area contributed by atoms with Crippen LogP contribution in [0.3, 0.4) is 0 Å². The van der Waals surface area contributed by atoms with Gasteiger partial charge in [0.1, 0.15) is 5.69 Å². The molecule has 1 aromatic heterocycles. The van der Waals surface area contributed by atoms with Crippen LogP contribution in [0.5, 0.6) is 5.88 Å². The topological polar surface area (TPSA) is 48.1 Å². The number of hydrogen-bond acceptors (Lipinski definition) is 3. The maximum atomic E-state index is 13.6. The van der Waals surface area contributed by atoms with Crippen molar-refractivity contribution < 1.29 is 35.5 Å². The minimum absolute atomic E-state index is 0.207. The fourth-order valence-electron chi connectivity index (χ4n) is 1.26. The molecule has 0 aliphatic heterocycles. The molecular formula is C9H7F7N2O. The van der Waals surface area contributed by atoms with Crippen LogP contribution in [0.1, 0.15) is 5.69 Å². The number of nitrogens with zero attached hydrogens (tertiary/aromatic N) is 1. The summed E-state index contributed by atoms with van der Waals surface area (Å²) in [5.41, 5.74) is -2.62. The SMILES string of the molecule is COc1nc(C(F)(C(F)(F)F)C(F)(F)F)ccc1N. The van der Waals surface area contributed by atoms with Crippen molar-refractivity contribution >= 4 is 5.69 Å². The molecular weight excluding hydrogens is 285 g/mol. The zero-order chi connectivity index (χ0) is 15.1. The number of pyridine rings is 1. The molecule has 10 heteroatoms. The minimum Gasteiger partial charge on any atom is -0.480 e. The molecule has 1 heterocycles. The standard InChI is InChI=1S/C9H7F7N2O/c1-19-6-4(17)2-3-5(18-6)7(10,8(11,12)13)9(14,15)16/h2-3H,17H2,1H3. The average Bonchev–Trinajstić information content (AvgIpc) is 2.25. The lowest BCUT2D eigenvalue weighted by molar-refractivity contribution is -0.350. The van der Waals surface area contributed by atoms with Crippen molar-refractivity contribution in [3.63, 3.8) is 0 Å². The molecule has 0 bridgehead atoms. The second-order valence-corrected chi connectivity index (χ2v) is 3.45. The van der Waals surface area contributed by atoms with Crippen LogP contribution < -0.4 is 10.5 Å². The first-order chi connectivity index (χ1) is 8.45. The van der Waals surface area contributed by atoms with Gasteiger partial charge in [-0.2, -0.15) is 26.3 Å². The average molecular weight is 292 g/mol. The number of ether oxygens (including phenoxy) is 1. The molecule has 108 valence electrons. The van der Waals surface area contributed by atoms with Crippen molar-refractivity contribution in [2.45, 2.75) is 18.0 Å². The third kappa shape index (κ3) is 2.38. The van der Waals surface area contributed by atoms with Crippen LogP contribution in [0, 0.1) is 0 Å². The van der Waals surface area contributed by atoms with Crippen LogP contribution in [-0.2, 0) is 5.67 Å². The molecule has 3 nitrogen and oxygen atoms in total. The van der Waals surface area contributed by atoms with E-state index in [2.05, 4.69) is 9.72 Å². The number of hydrogen-bond donors (Lipinski definition) is 1. The predicted molar refractivity (Wildman–Crippen MR) is 50.1 cm³/mol. The van der Waals surface area contributed by atoms with Gasteiger partial charge in [0.2, 0.25) is 5.88 Å². The maximum Gasteiger partial charge on any atom is 0.437 e. The summed E-state index contributed by atoms with van der Waals surface area (Å²) in [4.78, 5) is 2.83. The number of methoxy groups -OCH3 is 1. The summed E-state index contributed by atoms with van der Waals surface area (Å²) in [6.45, 7) is 0. The fourth-order valence-corrected chi connectivity index (χ4v) is 1.26. The van der Waals surface area contributed by atoms with Crippen molar-refractivity contribution in [1.82, 2.24) is 4.98 Å². The second kappa shape index (κ2) is 4.42. The summed E-state index contributed by atoms with van der Waals surface area (Å²) in [6, 6.07) is 0.853. The quantitative estimate of drug-likeness (QED) is 0.852. The molecule has 1 aromatic rings.